The first-order valence-electron chi connectivity index (χ1n) is 31.2. The summed E-state index contributed by atoms with van der Waals surface area (Å²) >= 11 is 0. The number of nitro benzene ring substituents is 1. The van der Waals surface area contributed by atoms with Crippen molar-refractivity contribution < 1.29 is 51.7 Å². The van der Waals surface area contributed by atoms with Crippen molar-refractivity contribution in [3.05, 3.63) is 112 Å². The highest BCUT2D eigenvalue weighted by atomic mass is 32.2. The van der Waals surface area contributed by atoms with E-state index in [1.165, 1.54) is 11.6 Å². The first-order valence-corrected chi connectivity index (χ1v) is 32.7. The summed E-state index contributed by atoms with van der Waals surface area (Å²) in [5, 5.41) is 27.4. The summed E-state index contributed by atoms with van der Waals surface area (Å²) in [6.07, 6.45) is 10.4. The van der Waals surface area contributed by atoms with Crippen molar-refractivity contribution in [2.24, 2.45) is 11.3 Å². The van der Waals surface area contributed by atoms with Gasteiger partial charge >= 0.3 is 0 Å². The maximum absolute atomic E-state index is 15.0. The molecule has 0 radical (unpaired) electrons. The molecule has 1 spiro atoms. The Morgan fingerprint density at radius 1 is 0.932 bits per heavy atom. The number of anilines is 4. The number of hydrogen-bond donors (Lipinski definition) is 4. The highest BCUT2D eigenvalue weighted by Gasteiger charge is 2.51. The van der Waals surface area contributed by atoms with E-state index >= 15 is 4.79 Å². The monoisotopic (exact) mass is 1220 g/mol. The summed E-state index contributed by atoms with van der Waals surface area (Å²) in [6.45, 7) is 16.1. The van der Waals surface area contributed by atoms with Gasteiger partial charge in [0.2, 0.25) is 5.88 Å². The molecule has 1 amide bonds. The second-order valence-electron chi connectivity index (χ2n) is 26.8. The van der Waals surface area contributed by atoms with Gasteiger partial charge in [0, 0.05) is 98.6 Å². The van der Waals surface area contributed by atoms with E-state index < -0.39 is 48.7 Å². The van der Waals surface area contributed by atoms with Gasteiger partial charge in [-0.25, -0.2) is 18.1 Å². The van der Waals surface area contributed by atoms with Crippen molar-refractivity contribution in [2.75, 3.05) is 74.3 Å². The van der Waals surface area contributed by atoms with Crippen LogP contribution in [0.15, 0.2) is 90.1 Å². The number of aromatic amines is 1. The largest absolute Gasteiger partial charge is 0.491 e. The van der Waals surface area contributed by atoms with Crippen molar-refractivity contribution in [2.45, 2.75) is 151 Å². The molecule has 0 bridgehead atoms. The van der Waals surface area contributed by atoms with Gasteiger partial charge in [0.15, 0.2) is 17.2 Å². The number of nitro groups is 1. The topological polar surface area (TPSA) is 249 Å². The third-order valence-electron chi connectivity index (χ3n) is 19.7. The number of rotatable bonds is 13. The number of benzene rings is 3. The van der Waals surface area contributed by atoms with E-state index in [-0.39, 0.29) is 65.8 Å². The minimum atomic E-state index is -4.75. The normalized spacial score (nSPS) is 26.0. The van der Waals surface area contributed by atoms with Crippen LogP contribution in [0.5, 0.6) is 29.0 Å². The van der Waals surface area contributed by atoms with E-state index in [1.54, 1.807) is 12.3 Å². The van der Waals surface area contributed by atoms with Crippen LogP contribution in [0.3, 0.4) is 0 Å². The SMILES string of the molecule is CC(C)Oc1ccccc1[C@H]1CN(Cc2ccnc3c2OCC(C)(C)O3)CCN1C1CC2(CCN(c3ccc(C(=O)NS(=O)(=O)c4cc5c(c([N+](=O)[O-])c4)N[C@@H](C4CCC(C)(O)CC4)CO5)c(N4c5cc6cc[nH]c6nc5O[C@H]5COCC[C@@H]54)c3)CC2)C1. The standard InChI is InChI=1S/C65H78N10O12S/c1-39(2)85-54-9-7-6-8-46(54)53-35-71(34-42-15-22-67-62-58(42)84-38-63(3,4)87-62)25-26-73(53)44-32-65(33-44)19-23-72(24-20-65)43-10-11-47(50(29-43)74-49-16-27-82-37-56(49)86-61-52(74)28-41-14-21-66-59(41)69-61)60(76)70-88(80,81)45-30-51(75(78)79)57-55(31-45)83-36-48(68-57)40-12-17-64(5,77)18-13-40/h6-11,14-15,21-22,28-31,39-40,44,48-49,53,56,68,77H,12-13,16-20,23-27,32-38H2,1-5H3,(H,66,69)(H,70,76)/t40?,48-,49+,53-,56+,64?/m1/s1. The van der Waals surface area contributed by atoms with Crippen LogP contribution < -0.4 is 43.5 Å². The predicted octanol–water partition coefficient (Wildman–Crippen LogP) is 9.43. The Labute approximate surface area is 512 Å². The van der Waals surface area contributed by atoms with Gasteiger partial charge in [-0.15, -0.1) is 0 Å². The molecule has 3 aromatic heterocycles. The highest BCUT2D eigenvalue weighted by Crippen LogP contribution is 2.55. The molecule has 0 unspecified atom stereocenters. The molecule has 14 rings (SSSR count). The molecule has 8 aliphatic rings. The molecule has 9 heterocycles. The molecule has 2 aliphatic carbocycles. The van der Waals surface area contributed by atoms with Crippen LogP contribution in [0.1, 0.15) is 120 Å². The average Bonchev–Trinajstić information content (AvgIpc) is 1.27. The Balaban J connectivity index is 0.726. The van der Waals surface area contributed by atoms with E-state index in [9.17, 15) is 23.6 Å². The van der Waals surface area contributed by atoms with Crippen molar-refractivity contribution >= 4 is 55.4 Å². The number of carbonyl (C=O) groups excluding carboxylic acids is 1. The summed E-state index contributed by atoms with van der Waals surface area (Å²) in [6, 6.07) is 22.1. The quantitative estimate of drug-likeness (QED) is 0.0621. The van der Waals surface area contributed by atoms with Crippen LogP contribution in [0.25, 0.3) is 11.0 Å². The molecule has 22 nitrogen and oxygen atoms in total. The van der Waals surface area contributed by atoms with Gasteiger partial charge in [0.05, 0.1) is 57.5 Å². The van der Waals surface area contributed by atoms with Crippen LogP contribution in [-0.4, -0.2) is 150 Å². The van der Waals surface area contributed by atoms with Crippen molar-refractivity contribution in [1.82, 2.24) is 29.5 Å². The number of para-hydroxylation sites is 1. The van der Waals surface area contributed by atoms with Gasteiger partial charge in [-0.05, 0) is 146 Å². The van der Waals surface area contributed by atoms with Crippen LogP contribution in [0, 0.1) is 21.4 Å². The first-order chi connectivity index (χ1) is 42.2. The maximum atomic E-state index is 15.0. The zero-order chi connectivity index (χ0) is 60.9. The number of hydrogen-bond acceptors (Lipinski definition) is 19. The van der Waals surface area contributed by atoms with Gasteiger partial charge in [0.1, 0.15) is 42.0 Å². The lowest BCUT2D eigenvalue weighted by atomic mass is 9.59. The number of carbonyl (C=O) groups is 1. The minimum absolute atomic E-state index is 0.00149. The van der Waals surface area contributed by atoms with Crippen LogP contribution in [-0.2, 0) is 21.3 Å². The van der Waals surface area contributed by atoms with Gasteiger partial charge in [-0.2, -0.15) is 4.98 Å². The number of piperidine rings is 1. The van der Waals surface area contributed by atoms with E-state index in [1.807, 2.05) is 57.3 Å². The van der Waals surface area contributed by atoms with E-state index in [0.29, 0.717) is 86.7 Å². The molecule has 3 aromatic carbocycles. The second-order valence-corrected chi connectivity index (χ2v) is 28.5. The van der Waals surface area contributed by atoms with E-state index in [0.717, 1.165) is 92.6 Å². The fourth-order valence-corrected chi connectivity index (χ4v) is 16.0. The molecule has 4 atom stereocenters. The third kappa shape index (κ3) is 11.2. The molecule has 88 heavy (non-hydrogen) atoms. The Hall–Kier alpha value is -7.44. The molecule has 3 saturated heterocycles. The summed E-state index contributed by atoms with van der Waals surface area (Å²) in [5.41, 5.74) is 3.44. The van der Waals surface area contributed by atoms with Crippen LogP contribution in [0.4, 0.5) is 28.4 Å². The van der Waals surface area contributed by atoms with E-state index in [2.05, 4.69) is 77.7 Å². The Morgan fingerprint density at radius 2 is 1.74 bits per heavy atom. The first kappa shape index (κ1) is 58.3. The summed E-state index contributed by atoms with van der Waals surface area (Å²) in [4.78, 5) is 48.9. The number of pyridine rings is 2. The maximum Gasteiger partial charge on any atom is 0.297 e. The predicted molar refractivity (Wildman–Crippen MR) is 330 cm³/mol. The number of fused-ring (bicyclic) bond motifs is 5. The number of aromatic nitrogens is 3. The Morgan fingerprint density at radius 3 is 2.53 bits per heavy atom. The minimum Gasteiger partial charge on any atom is -0.491 e. The van der Waals surface area contributed by atoms with Gasteiger partial charge in [-0.3, -0.25) is 24.7 Å². The number of nitrogens with zero attached hydrogens (tertiary/aromatic N) is 7. The molecule has 6 aliphatic heterocycles. The molecular weight excluding hydrogens is 1140 g/mol. The second kappa shape index (κ2) is 22.6. The molecule has 5 fully saturated rings. The fourth-order valence-electron chi connectivity index (χ4n) is 15.0. The van der Waals surface area contributed by atoms with Crippen LogP contribution >= 0.6 is 0 Å². The number of amides is 1. The lowest BCUT2D eigenvalue weighted by Gasteiger charge is -2.58. The molecule has 2 saturated carbocycles. The van der Waals surface area contributed by atoms with Crippen molar-refractivity contribution in [3.63, 3.8) is 0 Å². The number of ether oxygens (including phenoxy) is 6. The highest BCUT2D eigenvalue weighted by molar-refractivity contribution is 7.90. The number of nitrogens with one attached hydrogen (secondary N) is 3. The van der Waals surface area contributed by atoms with E-state index in [4.69, 9.17) is 33.4 Å². The number of H-pyrrole nitrogens is 1. The molecular formula is C65H78N10O12S. The van der Waals surface area contributed by atoms with Gasteiger partial charge < -0.3 is 53.6 Å². The summed E-state index contributed by atoms with van der Waals surface area (Å²) < 4.78 is 69.1. The number of piperazine rings is 1. The fraction of sp³-hybridized carbons (Fsp3) is 0.523. The summed E-state index contributed by atoms with van der Waals surface area (Å²) in [5.74, 6) is 1.70. The van der Waals surface area contributed by atoms with Crippen molar-refractivity contribution in [1.29, 1.82) is 0 Å². The zero-order valence-corrected chi connectivity index (χ0v) is 51.4. The smallest absolute Gasteiger partial charge is 0.297 e. The van der Waals surface area contributed by atoms with Gasteiger partial charge in [0.25, 0.3) is 27.5 Å². The number of sulfonamides is 1. The lowest BCUT2D eigenvalue weighted by Crippen LogP contribution is -2.59. The molecule has 23 heteroatoms. The van der Waals surface area contributed by atoms with Crippen molar-refractivity contribution in [3.8, 4) is 29.0 Å². The third-order valence-corrected chi connectivity index (χ3v) is 21.0. The Kier molecular flexibility index (Phi) is 14.9. The Bertz CT molecular complexity index is 3780. The lowest BCUT2D eigenvalue weighted by molar-refractivity contribution is -0.384. The molecule has 466 valence electrons. The molecule has 6 aromatic rings. The average molecular weight is 1220 g/mol. The summed E-state index contributed by atoms with van der Waals surface area (Å²) in [7, 11) is -4.75. The zero-order valence-electron chi connectivity index (χ0n) is 50.5. The molecule has 4 N–H and O–H groups in total. The van der Waals surface area contributed by atoms with Crippen LogP contribution in [0.2, 0.25) is 0 Å². The van der Waals surface area contributed by atoms with Gasteiger partial charge in [-0.1, -0.05) is 18.2 Å². The number of aliphatic hydroxyl groups is 1.